The van der Waals surface area contributed by atoms with E-state index in [-0.39, 0.29) is 5.91 Å². The van der Waals surface area contributed by atoms with Crippen molar-refractivity contribution in [3.05, 3.63) is 54.1 Å². The Morgan fingerprint density at radius 2 is 1.66 bits per heavy atom. The predicted octanol–water partition coefficient (Wildman–Crippen LogP) is 2.74. The summed E-state index contributed by atoms with van der Waals surface area (Å²) in [5.41, 5.74) is 1.68. The molecule has 0 unspecified atom stereocenters. The maximum absolute atomic E-state index is 12.4. The van der Waals surface area contributed by atoms with Gasteiger partial charge in [-0.25, -0.2) is 8.42 Å². The van der Waals surface area contributed by atoms with E-state index in [0.29, 0.717) is 31.0 Å². The molecule has 0 spiro atoms. The van der Waals surface area contributed by atoms with Crippen molar-refractivity contribution in [1.29, 1.82) is 0 Å². The van der Waals surface area contributed by atoms with E-state index in [2.05, 4.69) is 5.32 Å². The summed E-state index contributed by atoms with van der Waals surface area (Å²) in [7, 11) is -1.85. The van der Waals surface area contributed by atoms with Crippen LogP contribution >= 0.6 is 0 Å². The van der Waals surface area contributed by atoms with Crippen LogP contribution < -0.4 is 19.1 Å². The van der Waals surface area contributed by atoms with Crippen LogP contribution in [0, 0.1) is 6.92 Å². The summed E-state index contributed by atoms with van der Waals surface area (Å²) in [4.78, 5) is 12.4. The first-order valence-corrected chi connectivity index (χ1v) is 11.2. The van der Waals surface area contributed by atoms with Crippen LogP contribution in [0.5, 0.6) is 11.5 Å². The van der Waals surface area contributed by atoms with Gasteiger partial charge in [0.05, 0.1) is 18.5 Å². The number of ether oxygens (including phenoxy) is 2. The molecular weight excluding hydrogens is 392 g/mol. The second-order valence-corrected chi connectivity index (χ2v) is 8.71. The lowest BCUT2D eigenvalue weighted by molar-refractivity contribution is -0.128. The molecule has 0 aliphatic rings. The number of nitrogens with one attached hydrogen (secondary N) is 1. The number of sulfonamides is 1. The fraction of sp³-hybridized carbons (Fsp3) is 0.381. The maximum Gasteiger partial charge on any atom is 0.261 e. The molecular formula is C21H28N2O5S. The molecule has 7 nitrogen and oxygen atoms in total. The van der Waals surface area contributed by atoms with E-state index >= 15 is 0 Å². The Bertz CT molecular complexity index is 896. The minimum absolute atomic E-state index is 0.225. The van der Waals surface area contributed by atoms with Gasteiger partial charge in [-0.3, -0.25) is 9.10 Å². The van der Waals surface area contributed by atoms with Gasteiger partial charge in [-0.15, -0.1) is 0 Å². The first-order chi connectivity index (χ1) is 13.7. The number of hydrogen-bond acceptors (Lipinski definition) is 5. The molecule has 0 aliphatic heterocycles. The molecule has 0 aromatic heterocycles. The van der Waals surface area contributed by atoms with Crippen molar-refractivity contribution in [2.45, 2.75) is 26.4 Å². The number of aryl methyl sites for hydroxylation is 1. The summed E-state index contributed by atoms with van der Waals surface area (Å²) in [6, 6.07) is 14.3. The van der Waals surface area contributed by atoms with Gasteiger partial charge < -0.3 is 14.8 Å². The third kappa shape index (κ3) is 6.98. The first-order valence-electron chi connectivity index (χ1n) is 9.38. The van der Waals surface area contributed by atoms with E-state index in [0.717, 1.165) is 17.6 Å². The zero-order valence-corrected chi connectivity index (χ0v) is 18.0. The average Bonchev–Trinajstić information content (AvgIpc) is 2.69. The van der Waals surface area contributed by atoms with Crippen LogP contribution in [-0.4, -0.2) is 46.9 Å². The number of hydrogen-bond donors (Lipinski definition) is 1. The van der Waals surface area contributed by atoms with Crippen molar-refractivity contribution in [2.75, 3.05) is 30.8 Å². The zero-order valence-electron chi connectivity index (χ0n) is 17.2. The lowest BCUT2D eigenvalue weighted by Gasteiger charge is -2.19. The molecule has 0 heterocycles. The second-order valence-electron chi connectivity index (χ2n) is 6.69. The molecule has 158 valence electrons. The number of rotatable bonds is 10. The van der Waals surface area contributed by atoms with Crippen LogP contribution in [0.15, 0.2) is 48.5 Å². The predicted molar refractivity (Wildman–Crippen MR) is 114 cm³/mol. The molecule has 0 aliphatic carbocycles. The Morgan fingerprint density at radius 1 is 1.07 bits per heavy atom. The van der Waals surface area contributed by atoms with Crippen LogP contribution in [0.4, 0.5) is 5.69 Å². The summed E-state index contributed by atoms with van der Waals surface area (Å²) < 4.78 is 35.7. The highest BCUT2D eigenvalue weighted by Gasteiger charge is 2.18. The summed E-state index contributed by atoms with van der Waals surface area (Å²) >= 11 is 0. The van der Waals surface area contributed by atoms with Gasteiger partial charge in [0.1, 0.15) is 18.1 Å². The minimum atomic E-state index is -3.33. The van der Waals surface area contributed by atoms with E-state index in [1.54, 1.807) is 24.3 Å². The Balaban J connectivity index is 1.83. The van der Waals surface area contributed by atoms with Gasteiger partial charge in [0.25, 0.3) is 5.91 Å². The lowest BCUT2D eigenvalue weighted by atomic mass is 10.2. The van der Waals surface area contributed by atoms with Gasteiger partial charge in [-0.05, 0) is 49.7 Å². The van der Waals surface area contributed by atoms with E-state index in [4.69, 9.17) is 9.47 Å². The molecule has 0 saturated heterocycles. The number of nitrogens with zero attached hydrogens (tertiary/aromatic N) is 1. The van der Waals surface area contributed by atoms with Crippen LogP contribution in [0.1, 0.15) is 18.9 Å². The number of benzene rings is 2. The molecule has 2 aromatic carbocycles. The smallest absolute Gasteiger partial charge is 0.261 e. The quantitative estimate of drug-likeness (QED) is 0.598. The number of carbonyl (C=O) groups excluding carboxylic acids is 1. The normalized spacial score (nSPS) is 12.1. The fourth-order valence-electron chi connectivity index (χ4n) is 2.50. The van der Waals surface area contributed by atoms with Crippen molar-refractivity contribution in [1.82, 2.24) is 5.32 Å². The van der Waals surface area contributed by atoms with Crippen LogP contribution in [-0.2, 0) is 14.8 Å². The highest BCUT2D eigenvalue weighted by atomic mass is 32.2. The lowest BCUT2D eigenvalue weighted by Crippen LogP contribution is -2.39. The number of amides is 1. The molecule has 0 bridgehead atoms. The van der Waals surface area contributed by atoms with Crippen molar-refractivity contribution < 1.29 is 22.7 Å². The molecule has 2 aromatic rings. The van der Waals surface area contributed by atoms with Crippen LogP contribution in [0.2, 0.25) is 0 Å². The summed E-state index contributed by atoms with van der Waals surface area (Å²) in [6.07, 6.45) is 0.987. The van der Waals surface area contributed by atoms with Crippen molar-refractivity contribution in [3.63, 3.8) is 0 Å². The molecule has 1 amide bonds. The molecule has 8 heteroatoms. The SMILES string of the molecule is CC[C@@H](Oc1ccc(N(C)S(C)(=O)=O)cc1)C(=O)NCCOc1ccc(C)cc1. The number of anilines is 1. The van der Waals surface area contributed by atoms with Crippen LogP contribution in [0.3, 0.4) is 0 Å². The number of carbonyl (C=O) groups is 1. The molecule has 0 saturated carbocycles. The standard InChI is InChI=1S/C21H28N2O5S/c1-5-20(21(24)22-14-15-27-18-10-6-16(2)7-11-18)28-19-12-8-17(9-13-19)23(3)29(4,25)26/h6-13,20H,5,14-15H2,1-4H3,(H,22,24)/t20-/m1/s1. The molecule has 29 heavy (non-hydrogen) atoms. The minimum Gasteiger partial charge on any atom is -0.492 e. The van der Waals surface area contributed by atoms with Gasteiger partial charge in [0.2, 0.25) is 10.0 Å². The van der Waals surface area contributed by atoms with Gasteiger partial charge in [-0.1, -0.05) is 24.6 Å². The summed E-state index contributed by atoms with van der Waals surface area (Å²) in [5, 5.41) is 2.81. The Kier molecular flexibility index (Phi) is 7.90. The van der Waals surface area contributed by atoms with Crippen LogP contribution in [0.25, 0.3) is 0 Å². The summed E-state index contributed by atoms with van der Waals surface area (Å²) in [6.45, 7) is 4.59. The van der Waals surface area contributed by atoms with Crippen molar-refractivity contribution >= 4 is 21.6 Å². The first kappa shape index (κ1) is 22.5. The second kappa shape index (κ2) is 10.2. The van der Waals surface area contributed by atoms with Crippen molar-refractivity contribution in [3.8, 4) is 11.5 Å². The average molecular weight is 421 g/mol. The largest absolute Gasteiger partial charge is 0.492 e. The topological polar surface area (TPSA) is 84.9 Å². The van der Waals surface area contributed by atoms with Gasteiger partial charge in [0.15, 0.2) is 6.10 Å². The zero-order chi connectivity index (χ0) is 21.4. The van der Waals surface area contributed by atoms with E-state index < -0.39 is 16.1 Å². The molecule has 2 rings (SSSR count). The Hall–Kier alpha value is -2.74. The maximum atomic E-state index is 12.4. The molecule has 0 fully saturated rings. The van der Waals surface area contributed by atoms with Crippen molar-refractivity contribution in [2.24, 2.45) is 0 Å². The highest BCUT2D eigenvalue weighted by Crippen LogP contribution is 2.21. The molecule has 0 radical (unpaired) electrons. The van der Waals surface area contributed by atoms with E-state index in [1.165, 1.54) is 11.4 Å². The third-order valence-electron chi connectivity index (χ3n) is 4.33. The third-order valence-corrected chi connectivity index (χ3v) is 5.54. The van der Waals surface area contributed by atoms with E-state index in [9.17, 15) is 13.2 Å². The van der Waals surface area contributed by atoms with Gasteiger partial charge in [0, 0.05) is 7.05 Å². The highest BCUT2D eigenvalue weighted by molar-refractivity contribution is 7.92. The van der Waals surface area contributed by atoms with Gasteiger partial charge >= 0.3 is 0 Å². The molecule has 1 N–H and O–H groups in total. The molecule has 1 atom stereocenters. The van der Waals surface area contributed by atoms with E-state index in [1.807, 2.05) is 38.1 Å². The Labute approximate surface area is 172 Å². The summed E-state index contributed by atoms with van der Waals surface area (Å²) in [5.74, 6) is 1.03. The monoisotopic (exact) mass is 420 g/mol. The van der Waals surface area contributed by atoms with Gasteiger partial charge in [-0.2, -0.15) is 0 Å². The fourth-order valence-corrected chi connectivity index (χ4v) is 3.01. The Morgan fingerprint density at radius 3 is 2.21 bits per heavy atom.